The lowest BCUT2D eigenvalue weighted by Gasteiger charge is -2.13. The molecule has 0 spiro atoms. The Morgan fingerprint density at radius 2 is 1.75 bits per heavy atom. The van der Waals surface area contributed by atoms with Crippen molar-refractivity contribution >= 4 is 34.7 Å². The molecule has 1 N–H and O–H groups in total. The second-order valence-electron chi connectivity index (χ2n) is 5.46. The van der Waals surface area contributed by atoms with Crippen LogP contribution in [0.5, 0.6) is 23.0 Å². The van der Waals surface area contributed by atoms with E-state index in [0.717, 1.165) is 9.13 Å². The van der Waals surface area contributed by atoms with Crippen LogP contribution in [-0.2, 0) is 0 Å². The van der Waals surface area contributed by atoms with E-state index in [1.54, 1.807) is 24.4 Å². The van der Waals surface area contributed by atoms with Gasteiger partial charge < -0.3 is 18.9 Å². The van der Waals surface area contributed by atoms with Gasteiger partial charge in [0.2, 0.25) is 0 Å². The number of benzene rings is 2. The highest BCUT2D eigenvalue weighted by molar-refractivity contribution is 14.1. The molecule has 0 saturated heterocycles. The molecule has 2 aromatic carbocycles. The molecule has 0 radical (unpaired) electrons. The van der Waals surface area contributed by atoms with E-state index >= 15 is 0 Å². The monoisotopic (exact) mass is 498 g/mol. The summed E-state index contributed by atoms with van der Waals surface area (Å²) in [5.74, 6) is 2.01. The molecular weight excluding hydrogens is 475 g/mol. The minimum atomic E-state index is -0.358. The van der Waals surface area contributed by atoms with Gasteiger partial charge >= 0.3 is 0 Å². The summed E-state index contributed by atoms with van der Waals surface area (Å²) < 4.78 is 22.6. The first-order chi connectivity index (χ1) is 13.5. The third kappa shape index (κ3) is 5.51. The Bertz CT molecular complexity index is 855. The second kappa shape index (κ2) is 10.7. The summed E-state index contributed by atoms with van der Waals surface area (Å²) in [6, 6.07) is 8.62. The van der Waals surface area contributed by atoms with Crippen molar-refractivity contribution in [2.45, 2.75) is 13.8 Å². The standard InChI is InChI=1S/C20H23IN2O5/c1-5-27-18-10-13(9-15(21)19(18)28-6-2)12-22-23-20(24)14-7-8-16(25-3)17(11-14)26-4/h7-12H,5-6H2,1-4H3,(H,23,24)/b22-12+. The maximum absolute atomic E-state index is 12.3. The van der Waals surface area contributed by atoms with Crippen molar-refractivity contribution in [2.24, 2.45) is 5.10 Å². The van der Waals surface area contributed by atoms with Crippen molar-refractivity contribution in [3.63, 3.8) is 0 Å². The number of carbonyl (C=O) groups excluding carboxylic acids is 1. The normalized spacial score (nSPS) is 10.6. The average molecular weight is 498 g/mol. The second-order valence-corrected chi connectivity index (χ2v) is 6.63. The Kier molecular flexibility index (Phi) is 8.37. The van der Waals surface area contributed by atoms with Gasteiger partial charge in [-0.1, -0.05) is 0 Å². The molecule has 0 heterocycles. The highest BCUT2D eigenvalue weighted by Crippen LogP contribution is 2.34. The summed E-state index contributed by atoms with van der Waals surface area (Å²) in [5.41, 5.74) is 3.70. The molecule has 7 nitrogen and oxygen atoms in total. The van der Waals surface area contributed by atoms with Gasteiger partial charge in [0, 0.05) is 5.56 Å². The number of carbonyl (C=O) groups is 1. The first kappa shape index (κ1) is 21.8. The average Bonchev–Trinajstić information content (AvgIpc) is 2.70. The van der Waals surface area contributed by atoms with Gasteiger partial charge in [-0.3, -0.25) is 4.79 Å². The number of amides is 1. The Balaban J connectivity index is 2.14. The van der Waals surface area contributed by atoms with E-state index in [0.29, 0.717) is 41.8 Å². The van der Waals surface area contributed by atoms with Crippen LogP contribution in [0.1, 0.15) is 29.8 Å². The summed E-state index contributed by atoms with van der Waals surface area (Å²) in [6.07, 6.45) is 1.55. The van der Waals surface area contributed by atoms with E-state index in [4.69, 9.17) is 18.9 Å². The van der Waals surface area contributed by atoms with Crippen molar-refractivity contribution in [3.05, 3.63) is 45.0 Å². The fraction of sp³-hybridized carbons (Fsp3) is 0.300. The molecule has 150 valence electrons. The SMILES string of the molecule is CCOc1cc(/C=N/NC(=O)c2ccc(OC)c(OC)c2)cc(I)c1OCC. The Morgan fingerprint density at radius 1 is 1.04 bits per heavy atom. The smallest absolute Gasteiger partial charge is 0.271 e. The minimum absolute atomic E-state index is 0.358. The van der Waals surface area contributed by atoms with Gasteiger partial charge in [0.1, 0.15) is 0 Å². The molecule has 0 aromatic heterocycles. The molecular formula is C20H23IN2O5. The van der Waals surface area contributed by atoms with E-state index < -0.39 is 0 Å². The predicted molar refractivity (Wildman–Crippen MR) is 116 cm³/mol. The van der Waals surface area contributed by atoms with Crippen molar-refractivity contribution < 1.29 is 23.7 Å². The van der Waals surface area contributed by atoms with Crippen LogP contribution in [0.3, 0.4) is 0 Å². The Labute approximate surface area is 178 Å². The van der Waals surface area contributed by atoms with Crippen LogP contribution in [0.4, 0.5) is 0 Å². The molecule has 8 heteroatoms. The lowest BCUT2D eigenvalue weighted by atomic mass is 10.2. The largest absolute Gasteiger partial charge is 0.493 e. The summed E-state index contributed by atoms with van der Waals surface area (Å²) in [4.78, 5) is 12.3. The fourth-order valence-electron chi connectivity index (χ4n) is 2.42. The van der Waals surface area contributed by atoms with Crippen molar-refractivity contribution in [3.8, 4) is 23.0 Å². The topological polar surface area (TPSA) is 78.4 Å². The van der Waals surface area contributed by atoms with E-state index in [-0.39, 0.29) is 5.91 Å². The number of hydrogen-bond acceptors (Lipinski definition) is 6. The van der Waals surface area contributed by atoms with E-state index in [1.165, 1.54) is 14.2 Å². The van der Waals surface area contributed by atoms with Crippen molar-refractivity contribution in [2.75, 3.05) is 27.4 Å². The molecule has 0 aliphatic heterocycles. The van der Waals surface area contributed by atoms with Crippen LogP contribution in [0.25, 0.3) is 0 Å². The van der Waals surface area contributed by atoms with Gasteiger partial charge in [0.15, 0.2) is 23.0 Å². The van der Waals surface area contributed by atoms with Crippen LogP contribution >= 0.6 is 22.6 Å². The molecule has 0 atom stereocenters. The number of nitrogens with one attached hydrogen (secondary N) is 1. The van der Waals surface area contributed by atoms with Crippen LogP contribution in [0.15, 0.2) is 35.4 Å². The van der Waals surface area contributed by atoms with Gasteiger partial charge in [0.25, 0.3) is 5.91 Å². The zero-order valence-corrected chi connectivity index (χ0v) is 18.4. The van der Waals surface area contributed by atoms with Gasteiger partial charge in [-0.25, -0.2) is 5.43 Å². The summed E-state index contributed by atoms with van der Waals surface area (Å²) >= 11 is 2.18. The molecule has 1 amide bonds. The van der Waals surface area contributed by atoms with Crippen LogP contribution in [0, 0.1) is 3.57 Å². The number of rotatable bonds is 9. The number of nitrogens with zero attached hydrogens (tertiary/aromatic N) is 1. The van der Waals surface area contributed by atoms with E-state index in [1.807, 2.05) is 26.0 Å². The van der Waals surface area contributed by atoms with Crippen LogP contribution in [0.2, 0.25) is 0 Å². The molecule has 0 aliphatic rings. The maximum atomic E-state index is 12.3. The van der Waals surface area contributed by atoms with Crippen LogP contribution < -0.4 is 24.4 Å². The van der Waals surface area contributed by atoms with Crippen molar-refractivity contribution in [1.29, 1.82) is 0 Å². The quantitative estimate of drug-likeness (QED) is 0.323. The number of hydrazone groups is 1. The number of hydrogen-bond donors (Lipinski definition) is 1. The Morgan fingerprint density at radius 3 is 2.39 bits per heavy atom. The maximum Gasteiger partial charge on any atom is 0.271 e. The first-order valence-corrected chi connectivity index (χ1v) is 9.76. The third-order valence-corrected chi connectivity index (χ3v) is 4.45. The zero-order valence-electron chi connectivity index (χ0n) is 16.2. The van der Waals surface area contributed by atoms with Gasteiger partial charge in [-0.2, -0.15) is 5.10 Å². The molecule has 0 fully saturated rings. The fourth-order valence-corrected chi connectivity index (χ4v) is 3.20. The van der Waals surface area contributed by atoms with E-state index in [2.05, 4.69) is 33.1 Å². The van der Waals surface area contributed by atoms with Gasteiger partial charge in [-0.05, 0) is 72.3 Å². The molecule has 2 rings (SSSR count). The predicted octanol–water partition coefficient (Wildman–Crippen LogP) is 3.87. The Hall–Kier alpha value is -2.49. The highest BCUT2D eigenvalue weighted by Gasteiger charge is 2.12. The molecule has 0 unspecified atom stereocenters. The molecule has 0 aliphatic carbocycles. The number of halogens is 1. The van der Waals surface area contributed by atoms with E-state index in [9.17, 15) is 4.79 Å². The zero-order chi connectivity index (χ0) is 20.5. The van der Waals surface area contributed by atoms with Crippen molar-refractivity contribution in [1.82, 2.24) is 5.43 Å². The van der Waals surface area contributed by atoms with Gasteiger partial charge in [0.05, 0.1) is 37.2 Å². The molecule has 2 aromatic rings. The summed E-state index contributed by atoms with van der Waals surface area (Å²) in [6.45, 7) is 4.90. The third-order valence-electron chi connectivity index (χ3n) is 3.65. The lowest BCUT2D eigenvalue weighted by molar-refractivity contribution is 0.0954. The summed E-state index contributed by atoms with van der Waals surface area (Å²) in [7, 11) is 3.05. The molecule has 28 heavy (non-hydrogen) atoms. The number of ether oxygens (including phenoxy) is 4. The minimum Gasteiger partial charge on any atom is -0.493 e. The lowest BCUT2D eigenvalue weighted by Crippen LogP contribution is -2.17. The first-order valence-electron chi connectivity index (χ1n) is 8.68. The highest BCUT2D eigenvalue weighted by atomic mass is 127. The number of methoxy groups -OCH3 is 2. The van der Waals surface area contributed by atoms with Gasteiger partial charge in [-0.15, -0.1) is 0 Å². The summed E-state index contributed by atoms with van der Waals surface area (Å²) in [5, 5.41) is 4.04. The molecule has 0 saturated carbocycles. The molecule has 0 bridgehead atoms. The van der Waals surface area contributed by atoms with Crippen LogP contribution in [-0.4, -0.2) is 39.6 Å².